The number of carbonyl (C=O) groups excluding carboxylic acids is 1. The average Bonchev–Trinajstić information content (AvgIpc) is 3.07. The fourth-order valence-corrected chi connectivity index (χ4v) is 3.93. The topological polar surface area (TPSA) is 101 Å². The van der Waals surface area contributed by atoms with Gasteiger partial charge in [0.2, 0.25) is 0 Å². The van der Waals surface area contributed by atoms with Gasteiger partial charge in [0.1, 0.15) is 11.2 Å². The van der Waals surface area contributed by atoms with Crippen molar-refractivity contribution in [2.75, 3.05) is 11.5 Å². The Bertz CT molecular complexity index is 844. The van der Waals surface area contributed by atoms with Gasteiger partial charge >= 0.3 is 5.97 Å². The van der Waals surface area contributed by atoms with Gasteiger partial charge in [-0.05, 0) is 23.8 Å². The van der Waals surface area contributed by atoms with Crippen LogP contribution in [0.2, 0.25) is 0 Å². The molecule has 0 radical (unpaired) electrons. The van der Waals surface area contributed by atoms with Crippen molar-refractivity contribution in [1.82, 2.24) is 15.1 Å². The molecule has 2 N–H and O–H groups in total. The minimum atomic E-state index is -1.27. The zero-order chi connectivity index (χ0) is 17.9. The third kappa shape index (κ3) is 3.74. The fraction of sp³-hybridized carbons (Fsp3) is 0.294. The number of aliphatic carboxylic acids is 1. The molecule has 130 valence electrons. The van der Waals surface area contributed by atoms with E-state index >= 15 is 0 Å². The number of nitrogens with one attached hydrogen (secondary N) is 1. The van der Waals surface area contributed by atoms with Crippen molar-refractivity contribution in [3.63, 3.8) is 0 Å². The standard InChI is InChI=1S/C17H17N3O4S/c21-14-7-6-13(19-20(14)10-12-4-2-1-3-5-12)15(22)18-17(16(23)24)8-9-25-11-17/h1-7H,8-11H2,(H,18,22)(H,23,24). The first kappa shape index (κ1) is 17.2. The highest BCUT2D eigenvalue weighted by Gasteiger charge is 2.43. The van der Waals surface area contributed by atoms with Gasteiger partial charge in [-0.2, -0.15) is 16.9 Å². The summed E-state index contributed by atoms with van der Waals surface area (Å²) in [6, 6.07) is 11.9. The molecule has 8 heteroatoms. The smallest absolute Gasteiger partial charge is 0.330 e. The maximum atomic E-state index is 12.5. The lowest BCUT2D eigenvalue weighted by Crippen LogP contribution is -2.55. The van der Waals surface area contributed by atoms with Gasteiger partial charge < -0.3 is 10.4 Å². The molecule has 1 atom stereocenters. The molecule has 1 saturated heterocycles. The van der Waals surface area contributed by atoms with E-state index in [1.165, 1.54) is 28.6 Å². The number of nitrogens with zero attached hydrogens (tertiary/aromatic N) is 2. The second-order valence-corrected chi connectivity index (χ2v) is 6.95. The van der Waals surface area contributed by atoms with Crippen LogP contribution in [0.1, 0.15) is 22.5 Å². The molecule has 0 saturated carbocycles. The Kier molecular flexibility index (Phi) is 4.89. The Morgan fingerprint density at radius 2 is 2.00 bits per heavy atom. The zero-order valence-electron chi connectivity index (χ0n) is 13.3. The van der Waals surface area contributed by atoms with Crippen LogP contribution in [0, 0.1) is 0 Å². The van der Waals surface area contributed by atoms with E-state index in [-0.39, 0.29) is 17.8 Å². The number of carboxylic acids is 1. The number of amides is 1. The first-order chi connectivity index (χ1) is 12.0. The number of hydrogen-bond donors (Lipinski definition) is 2. The van der Waals surface area contributed by atoms with Crippen molar-refractivity contribution < 1.29 is 14.7 Å². The maximum Gasteiger partial charge on any atom is 0.330 e. The average molecular weight is 359 g/mol. The Morgan fingerprint density at radius 3 is 2.64 bits per heavy atom. The van der Waals surface area contributed by atoms with E-state index in [0.29, 0.717) is 17.9 Å². The lowest BCUT2D eigenvalue weighted by molar-refractivity contribution is -0.143. The number of carboxylic acid groups (broad SMARTS) is 1. The van der Waals surface area contributed by atoms with Crippen molar-refractivity contribution in [2.24, 2.45) is 0 Å². The fourth-order valence-electron chi connectivity index (χ4n) is 2.61. The first-order valence-electron chi connectivity index (χ1n) is 7.76. The van der Waals surface area contributed by atoms with E-state index < -0.39 is 17.4 Å². The molecule has 1 unspecified atom stereocenters. The van der Waals surface area contributed by atoms with Gasteiger partial charge in [-0.1, -0.05) is 30.3 Å². The SMILES string of the molecule is O=C(NC1(C(=O)O)CCSC1)c1ccc(=O)n(Cc2ccccc2)n1. The Balaban J connectivity index is 1.83. The van der Waals surface area contributed by atoms with Gasteiger partial charge in [0.05, 0.1) is 6.54 Å². The van der Waals surface area contributed by atoms with Crippen LogP contribution in [0.5, 0.6) is 0 Å². The summed E-state index contributed by atoms with van der Waals surface area (Å²) in [5.41, 5.74) is -0.703. The van der Waals surface area contributed by atoms with Crippen molar-refractivity contribution in [3.05, 3.63) is 64.1 Å². The van der Waals surface area contributed by atoms with Crippen molar-refractivity contribution in [2.45, 2.75) is 18.5 Å². The van der Waals surface area contributed by atoms with Gasteiger partial charge in [0.25, 0.3) is 11.5 Å². The first-order valence-corrected chi connectivity index (χ1v) is 8.91. The highest BCUT2D eigenvalue weighted by atomic mass is 32.2. The largest absolute Gasteiger partial charge is 0.479 e. The number of thioether (sulfide) groups is 1. The second kappa shape index (κ2) is 7.10. The molecule has 1 amide bonds. The molecule has 7 nitrogen and oxygen atoms in total. The molecule has 1 aromatic carbocycles. The van der Waals surface area contributed by atoms with Crippen molar-refractivity contribution in [3.8, 4) is 0 Å². The van der Waals surface area contributed by atoms with E-state index in [2.05, 4.69) is 10.4 Å². The molecule has 0 bridgehead atoms. The summed E-state index contributed by atoms with van der Waals surface area (Å²) in [5.74, 6) is -0.652. The van der Waals surface area contributed by atoms with Crippen LogP contribution in [-0.2, 0) is 11.3 Å². The van der Waals surface area contributed by atoms with E-state index in [1.807, 2.05) is 30.3 Å². The molecule has 3 rings (SSSR count). The minimum absolute atomic E-state index is 0.0213. The van der Waals surface area contributed by atoms with Crippen LogP contribution in [0.4, 0.5) is 0 Å². The van der Waals surface area contributed by atoms with Crippen LogP contribution in [0.15, 0.2) is 47.3 Å². The highest BCUT2D eigenvalue weighted by molar-refractivity contribution is 7.99. The summed E-state index contributed by atoms with van der Waals surface area (Å²) in [6.07, 6.45) is 0.363. The zero-order valence-corrected chi connectivity index (χ0v) is 14.2. The van der Waals surface area contributed by atoms with Gasteiger partial charge in [-0.25, -0.2) is 9.48 Å². The number of benzene rings is 1. The molecule has 2 aromatic rings. The Hall–Kier alpha value is -2.61. The maximum absolute atomic E-state index is 12.5. The summed E-state index contributed by atoms with van der Waals surface area (Å²) in [5, 5.41) is 16.1. The van der Waals surface area contributed by atoms with Gasteiger partial charge in [-0.3, -0.25) is 9.59 Å². The molecular formula is C17H17N3O4S. The molecule has 0 aliphatic carbocycles. The van der Waals surface area contributed by atoms with Crippen molar-refractivity contribution in [1.29, 1.82) is 0 Å². The minimum Gasteiger partial charge on any atom is -0.479 e. The van der Waals surface area contributed by atoms with Crippen LogP contribution < -0.4 is 10.9 Å². The van der Waals surface area contributed by atoms with Crippen LogP contribution in [-0.4, -0.2) is 43.8 Å². The predicted molar refractivity (Wildman–Crippen MR) is 93.8 cm³/mol. The molecule has 1 aliphatic rings. The summed E-state index contributed by atoms with van der Waals surface area (Å²) >= 11 is 1.48. The van der Waals surface area contributed by atoms with Gasteiger partial charge in [-0.15, -0.1) is 0 Å². The third-order valence-corrected chi connectivity index (χ3v) is 5.25. The summed E-state index contributed by atoms with van der Waals surface area (Å²) in [7, 11) is 0. The van der Waals surface area contributed by atoms with Crippen molar-refractivity contribution >= 4 is 23.6 Å². The molecule has 1 aromatic heterocycles. The van der Waals surface area contributed by atoms with E-state index in [4.69, 9.17) is 0 Å². The Morgan fingerprint density at radius 1 is 1.24 bits per heavy atom. The lowest BCUT2D eigenvalue weighted by atomic mass is 9.99. The highest BCUT2D eigenvalue weighted by Crippen LogP contribution is 2.28. The quantitative estimate of drug-likeness (QED) is 0.825. The Labute approximate surface area is 148 Å². The molecular weight excluding hydrogens is 342 g/mol. The molecule has 25 heavy (non-hydrogen) atoms. The second-order valence-electron chi connectivity index (χ2n) is 5.84. The third-order valence-electron chi connectivity index (χ3n) is 4.06. The molecule has 1 fully saturated rings. The molecule has 0 spiro atoms. The lowest BCUT2D eigenvalue weighted by Gasteiger charge is -2.24. The summed E-state index contributed by atoms with van der Waals surface area (Å²) in [6.45, 7) is 0.237. The summed E-state index contributed by atoms with van der Waals surface area (Å²) in [4.78, 5) is 36.0. The normalized spacial score (nSPS) is 19.5. The number of aromatic nitrogens is 2. The number of carbonyl (C=O) groups is 2. The van der Waals surface area contributed by atoms with E-state index in [1.54, 1.807) is 0 Å². The van der Waals surface area contributed by atoms with Gasteiger partial charge in [0, 0.05) is 11.8 Å². The predicted octanol–water partition coefficient (Wildman–Crippen LogP) is 0.982. The molecule has 2 heterocycles. The van der Waals surface area contributed by atoms with Crippen LogP contribution in [0.3, 0.4) is 0 Å². The number of hydrogen-bond acceptors (Lipinski definition) is 5. The van der Waals surface area contributed by atoms with Crippen LogP contribution >= 0.6 is 11.8 Å². The number of rotatable bonds is 5. The molecule has 1 aliphatic heterocycles. The van der Waals surface area contributed by atoms with Crippen LogP contribution in [0.25, 0.3) is 0 Å². The van der Waals surface area contributed by atoms with E-state index in [0.717, 1.165) is 5.56 Å². The monoisotopic (exact) mass is 359 g/mol. The van der Waals surface area contributed by atoms with E-state index in [9.17, 15) is 19.5 Å². The summed E-state index contributed by atoms with van der Waals surface area (Å²) < 4.78 is 1.20. The van der Waals surface area contributed by atoms with Gasteiger partial charge in [0.15, 0.2) is 0 Å².